The van der Waals surface area contributed by atoms with E-state index >= 15 is 0 Å². The first-order valence-electron chi connectivity index (χ1n) is 11.0. The van der Waals surface area contributed by atoms with Crippen LogP contribution in [0.4, 0.5) is 14.7 Å². The van der Waals surface area contributed by atoms with Crippen LogP contribution in [0.15, 0.2) is 12.4 Å². The molecule has 0 radical (unpaired) electrons. The van der Waals surface area contributed by atoms with Crippen LogP contribution in [0.25, 0.3) is 11.0 Å². The summed E-state index contributed by atoms with van der Waals surface area (Å²) >= 11 is 0. The second-order valence-electron chi connectivity index (χ2n) is 8.25. The van der Waals surface area contributed by atoms with Gasteiger partial charge in [0, 0.05) is 19.9 Å². The number of hydrogen-bond acceptors (Lipinski definition) is 5. The molecule has 1 atom stereocenters. The molecule has 1 aliphatic carbocycles. The third kappa shape index (κ3) is 9.19. The molecule has 174 valence electrons. The molecule has 0 aromatic carbocycles. The number of fused-ring (bicyclic) bond motifs is 1. The van der Waals surface area contributed by atoms with E-state index in [-0.39, 0.29) is 14.1 Å². The van der Waals surface area contributed by atoms with Gasteiger partial charge in [-0.15, -0.1) is 0 Å². The van der Waals surface area contributed by atoms with Crippen LogP contribution >= 0.6 is 0 Å². The van der Waals surface area contributed by atoms with Crippen molar-refractivity contribution in [2.45, 2.75) is 65.0 Å². The molecule has 3 rings (SSSR count). The minimum atomic E-state index is -2.78. The van der Waals surface area contributed by atoms with E-state index in [1.807, 2.05) is 19.0 Å². The van der Waals surface area contributed by atoms with E-state index < -0.39 is 6.61 Å². The predicted octanol–water partition coefficient (Wildman–Crippen LogP) is 5.13. The summed E-state index contributed by atoms with van der Waals surface area (Å²) in [7, 11) is 3.90. The van der Waals surface area contributed by atoms with Gasteiger partial charge in [0.05, 0.1) is 24.1 Å². The van der Waals surface area contributed by atoms with Crippen LogP contribution in [0.5, 0.6) is 0 Å². The summed E-state index contributed by atoms with van der Waals surface area (Å²) in [6.07, 6.45) is 12.4. The van der Waals surface area contributed by atoms with Crippen LogP contribution in [0.2, 0.25) is 0 Å². The summed E-state index contributed by atoms with van der Waals surface area (Å²) in [5.41, 5.74) is 1.46. The second kappa shape index (κ2) is 13.2. The largest absolute Gasteiger partial charge is 0.349 e. The van der Waals surface area contributed by atoms with Crippen LogP contribution in [0.3, 0.4) is 0 Å². The van der Waals surface area contributed by atoms with E-state index in [9.17, 15) is 8.78 Å². The Kier molecular flexibility index (Phi) is 10.7. The molecule has 0 saturated heterocycles. The molecule has 0 bridgehead atoms. The van der Waals surface area contributed by atoms with Gasteiger partial charge in [-0.3, -0.25) is 4.90 Å². The van der Waals surface area contributed by atoms with Crippen LogP contribution in [-0.2, 0) is 4.74 Å². The fourth-order valence-corrected chi connectivity index (χ4v) is 3.45. The van der Waals surface area contributed by atoms with Crippen LogP contribution < -0.4 is 5.32 Å². The monoisotopic (exact) mass is 437 g/mol. The molecule has 0 aliphatic heterocycles. The van der Waals surface area contributed by atoms with E-state index in [0.29, 0.717) is 18.1 Å². The highest BCUT2D eigenvalue weighted by molar-refractivity contribution is 5.83. The van der Waals surface area contributed by atoms with Crippen molar-refractivity contribution in [1.29, 1.82) is 0 Å². The van der Waals surface area contributed by atoms with Crippen LogP contribution in [0.1, 0.15) is 59.4 Å². The minimum Gasteiger partial charge on any atom is -0.349 e. The van der Waals surface area contributed by atoms with Gasteiger partial charge in [0.25, 0.3) is 0 Å². The molecular weight excluding hydrogens is 400 g/mol. The quantitative estimate of drug-likeness (QED) is 0.588. The number of ether oxygens (including phenoxy) is 1. The normalized spacial score (nSPS) is 15.4. The smallest absolute Gasteiger partial charge is 0.345 e. The molecule has 2 aromatic rings. The van der Waals surface area contributed by atoms with Gasteiger partial charge in [-0.05, 0) is 26.9 Å². The van der Waals surface area contributed by atoms with Gasteiger partial charge < -0.3 is 15.0 Å². The van der Waals surface area contributed by atoms with Crippen molar-refractivity contribution in [2.24, 2.45) is 5.92 Å². The summed E-state index contributed by atoms with van der Waals surface area (Å²) in [5.74, 6) is 7.55. The van der Waals surface area contributed by atoms with Gasteiger partial charge in [-0.1, -0.05) is 57.3 Å². The van der Waals surface area contributed by atoms with Crippen molar-refractivity contribution < 1.29 is 14.9 Å². The van der Waals surface area contributed by atoms with E-state index in [0.717, 1.165) is 16.9 Å². The maximum atomic E-state index is 12.0. The Hall–Kier alpha value is -2.24. The highest BCUT2D eigenvalue weighted by Crippen LogP contribution is 2.25. The lowest BCUT2D eigenvalue weighted by Crippen LogP contribution is -2.24. The zero-order valence-corrected chi connectivity index (χ0v) is 19.0. The van der Waals surface area contributed by atoms with Crippen LogP contribution in [-0.4, -0.2) is 59.8 Å². The summed E-state index contributed by atoms with van der Waals surface area (Å²) < 4.78 is 28.2. The number of nitrogens with zero attached hydrogens (tertiary/aromatic N) is 3. The number of halogens is 2. The van der Waals surface area contributed by atoms with E-state index in [2.05, 4.69) is 43.8 Å². The summed E-state index contributed by atoms with van der Waals surface area (Å²) in [4.78, 5) is 13.5. The molecule has 31 heavy (non-hydrogen) atoms. The zero-order chi connectivity index (χ0) is 22.6. The first-order chi connectivity index (χ1) is 14.9. The Morgan fingerprint density at radius 3 is 2.68 bits per heavy atom. The van der Waals surface area contributed by atoms with Crippen molar-refractivity contribution >= 4 is 17.0 Å². The average molecular weight is 438 g/mol. The minimum absolute atomic E-state index is 0. The third-order valence-electron chi connectivity index (χ3n) is 5.20. The molecule has 0 amide bonds. The molecule has 1 fully saturated rings. The highest BCUT2D eigenvalue weighted by Gasteiger charge is 2.11. The molecule has 2 heterocycles. The number of alkyl halides is 2. The standard InChI is InChI=1S/C15H19F2N5O.C8H16.H2/c1-10(9-23-14(16)17)20-15-19-8-12-11(5-4-6-22(2)3)7-18-13(12)21-15;1-2-8-6-4-3-5-7-8;/h7-8,10,14H,6,9H2,1-3H3,(H2,18,19,20,21);8H,2-7H2,1H3;1H/t10-;;/m0../s1. The van der Waals surface area contributed by atoms with Crippen molar-refractivity contribution in [2.75, 3.05) is 32.6 Å². The SMILES string of the molecule is CCC1CCCCC1.C[C@@H](COC(F)F)Nc1ncc2c(C#CCN(C)C)c[nH]c2n1.[HH]. The van der Waals surface area contributed by atoms with E-state index in [1.165, 1.54) is 38.5 Å². The fourth-order valence-electron chi connectivity index (χ4n) is 3.45. The average Bonchev–Trinajstić information content (AvgIpc) is 3.15. The van der Waals surface area contributed by atoms with E-state index in [4.69, 9.17) is 0 Å². The first kappa shape index (κ1) is 25.0. The Morgan fingerprint density at radius 1 is 1.32 bits per heavy atom. The molecule has 2 aromatic heterocycles. The molecule has 8 heteroatoms. The summed E-state index contributed by atoms with van der Waals surface area (Å²) in [6, 6.07) is -0.337. The molecule has 0 unspecified atom stereocenters. The van der Waals surface area contributed by atoms with Crippen LogP contribution in [0, 0.1) is 17.8 Å². The second-order valence-corrected chi connectivity index (χ2v) is 8.25. The zero-order valence-electron chi connectivity index (χ0n) is 19.0. The van der Waals surface area contributed by atoms with Crippen molar-refractivity contribution in [1.82, 2.24) is 19.9 Å². The van der Waals surface area contributed by atoms with Crippen molar-refractivity contribution in [3.05, 3.63) is 18.0 Å². The van der Waals surface area contributed by atoms with Gasteiger partial charge in [-0.25, -0.2) is 4.98 Å². The number of H-pyrrole nitrogens is 1. The van der Waals surface area contributed by atoms with Gasteiger partial charge in [0.15, 0.2) is 0 Å². The molecular formula is C23H37F2N5O. The van der Waals surface area contributed by atoms with E-state index in [1.54, 1.807) is 19.3 Å². The number of anilines is 1. The number of rotatable bonds is 7. The predicted molar refractivity (Wildman–Crippen MR) is 123 cm³/mol. The number of nitrogens with one attached hydrogen (secondary N) is 2. The Labute approximate surface area is 185 Å². The molecule has 6 nitrogen and oxygen atoms in total. The van der Waals surface area contributed by atoms with Crippen molar-refractivity contribution in [3.63, 3.8) is 0 Å². The number of aromatic nitrogens is 3. The lowest BCUT2D eigenvalue weighted by Gasteiger charge is -2.18. The van der Waals surface area contributed by atoms with Gasteiger partial charge in [0.1, 0.15) is 5.65 Å². The maximum absolute atomic E-state index is 12.0. The lowest BCUT2D eigenvalue weighted by molar-refractivity contribution is -0.130. The Bertz CT molecular complexity index is 844. The Morgan fingerprint density at radius 2 is 2.06 bits per heavy atom. The third-order valence-corrected chi connectivity index (χ3v) is 5.20. The maximum Gasteiger partial charge on any atom is 0.345 e. The first-order valence-corrected chi connectivity index (χ1v) is 11.0. The molecule has 1 saturated carbocycles. The number of aromatic amines is 1. The topological polar surface area (TPSA) is 66.1 Å². The summed E-state index contributed by atoms with van der Waals surface area (Å²) in [6.45, 7) is 1.77. The van der Waals surface area contributed by atoms with Crippen molar-refractivity contribution in [3.8, 4) is 11.8 Å². The Balaban J connectivity index is 0.000000480. The summed E-state index contributed by atoms with van der Waals surface area (Å²) in [5, 5.41) is 3.73. The lowest BCUT2D eigenvalue weighted by atomic mass is 9.88. The highest BCUT2D eigenvalue weighted by atomic mass is 19.3. The van der Waals surface area contributed by atoms with Gasteiger partial charge in [0.2, 0.25) is 5.95 Å². The molecule has 0 spiro atoms. The fraction of sp³-hybridized carbons (Fsp3) is 0.652. The van der Waals surface area contributed by atoms with Gasteiger partial charge in [-0.2, -0.15) is 13.8 Å². The number of hydrogen-bond donors (Lipinski definition) is 2. The molecule has 1 aliphatic rings. The van der Waals surface area contributed by atoms with Gasteiger partial charge >= 0.3 is 6.61 Å². The molecule has 2 N–H and O–H groups in total.